The van der Waals surface area contributed by atoms with Gasteiger partial charge in [-0.25, -0.2) is 4.98 Å². The molecule has 1 heterocycles. The molecular formula is C22H22ClN3O2. The fourth-order valence-electron chi connectivity index (χ4n) is 2.86. The zero-order valence-corrected chi connectivity index (χ0v) is 17.1. The van der Waals surface area contributed by atoms with Crippen molar-refractivity contribution in [1.82, 2.24) is 9.97 Å². The summed E-state index contributed by atoms with van der Waals surface area (Å²) in [6.07, 6.45) is 1.70. The van der Waals surface area contributed by atoms with Crippen molar-refractivity contribution < 1.29 is 9.47 Å². The molecule has 5 nitrogen and oxygen atoms in total. The molecule has 1 N–H and O–H groups in total. The fraction of sp³-hybridized carbons (Fsp3) is 0.273. The third kappa shape index (κ3) is 4.29. The van der Waals surface area contributed by atoms with E-state index < -0.39 is 0 Å². The molecule has 0 amide bonds. The number of aryl methyl sites for hydroxylation is 1. The van der Waals surface area contributed by atoms with Crippen molar-refractivity contribution in [2.75, 3.05) is 6.61 Å². The molecule has 0 radical (unpaired) electrons. The summed E-state index contributed by atoms with van der Waals surface area (Å²) < 4.78 is 11.5. The summed E-state index contributed by atoms with van der Waals surface area (Å²) in [4.78, 5) is 7.73. The monoisotopic (exact) mass is 395 g/mol. The van der Waals surface area contributed by atoms with Crippen molar-refractivity contribution in [3.8, 4) is 17.6 Å². The highest BCUT2D eigenvalue weighted by Gasteiger charge is 2.15. The van der Waals surface area contributed by atoms with Gasteiger partial charge in [-0.1, -0.05) is 17.7 Å². The highest BCUT2D eigenvalue weighted by Crippen LogP contribution is 2.38. The van der Waals surface area contributed by atoms with Gasteiger partial charge < -0.3 is 14.5 Å². The second-order valence-electron chi connectivity index (χ2n) is 6.71. The van der Waals surface area contributed by atoms with E-state index in [-0.39, 0.29) is 6.10 Å². The summed E-state index contributed by atoms with van der Waals surface area (Å²) in [5.74, 6) is 1.57. The number of hydrogen-bond donors (Lipinski definition) is 1. The maximum Gasteiger partial charge on any atom is 0.180 e. The molecule has 0 aliphatic carbocycles. The quantitative estimate of drug-likeness (QED) is 0.537. The van der Waals surface area contributed by atoms with Crippen molar-refractivity contribution in [3.05, 3.63) is 52.3 Å². The van der Waals surface area contributed by atoms with Gasteiger partial charge in [-0.2, -0.15) is 5.26 Å². The van der Waals surface area contributed by atoms with E-state index in [1.165, 1.54) is 0 Å². The smallest absolute Gasteiger partial charge is 0.180 e. The van der Waals surface area contributed by atoms with Crippen LogP contribution < -0.4 is 9.47 Å². The fourth-order valence-corrected chi connectivity index (χ4v) is 3.12. The van der Waals surface area contributed by atoms with E-state index in [4.69, 9.17) is 21.1 Å². The molecule has 0 saturated carbocycles. The van der Waals surface area contributed by atoms with Crippen LogP contribution in [0.1, 0.15) is 37.7 Å². The lowest BCUT2D eigenvalue weighted by Gasteiger charge is -2.16. The molecule has 28 heavy (non-hydrogen) atoms. The Labute approximate surface area is 169 Å². The summed E-state index contributed by atoms with van der Waals surface area (Å²) in [7, 11) is 0. The Morgan fingerprint density at radius 3 is 2.79 bits per heavy atom. The average Bonchev–Trinajstić information content (AvgIpc) is 3.05. The van der Waals surface area contributed by atoms with Gasteiger partial charge >= 0.3 is 0 Å². The number of imidazole rings is 1. The van der Waals surface area contributed by atoms with Gasteiger partial charge in [-0.15, -0.1) is 0 Å². The number of rotatable bonds is 6. The first-order valence-corrected chi connectivity index (χ1v) is 9.50. The Hall–Kier alpha value is -2.97. The number of halogens is 1. The van der Waals surface area contributed by atoms with E-state index >= 15 is 0 Å². The summed E-state index contributed by atoms with van der Waals surface area (Å²) in [5.41, 5.74) is 3.97. The predicted molar refractivity (Wildman–Crippen MR) is 113 cm³/mol. The standard InChI is InChI=1S/C22H22ClN3O2/c1-5-27-20-11-15(10-17(23)21(20)28-13(2)3)9-16(12-24)22-25-18-7-6-14(4)8-19(18)26-22/h6-11,13H,5H2,1-4H3,(H,25,26)/b16-9-. The van der Waals surface area contributed by atoms with Crippen LogP contribution in [0.2, 0.25) is 5.02 Å². The molecule has 3 rings (SSSR count). The van der Waals surface area contributed by atoms with Crippen molar-refractivity contribution in [2.45, 2.75) is 33.8 Å². The summed E-state index contributed by atoms with van der Waals surface area (Å²) >= 11 is 6.43. The number of nitrogens with zero attached hydrogens (tertiary/aromatic N) is 2. The van der Waals surface area contributed by atoms with Crippen molar-refractivity contribution in [2.24, 2.45) is 0 Å². The van der Waals surface area contributed by atoms with Gasteiger partial charge in [0.15, 0.2) is 11.5 Å². The zero-order chi connectivity index (χ0) is 20.3. The minimum atomic E-state index is -0.0354. The first kappa shape index (κ1) is 19.8. The highest BCUT2D eigenvalue weighted by atomic mass is 35.5. The van der Waals surface area contributed by atoms with E-state index in [0.29, 0.717) is 34.5 Å². The number of H-pyrrole nitrogens is 1. The molecule has 0 saturated heterocycles. The van der Waals surface area contributed by atoms with E-state index in [0.717, 1.165) is 22.2 Å². The van der Waals surface area contributed by atoms with E-state index in [1.54, 1.807) is 12.1 Å². The Kier molecular flexibility index (Phi) is 5.91. The van der Waals surface area contributed by atoms with Crippen LogP contribution in [-0.4, -0.2) is 22.7 Å². The van der Waals surface area contributed by atoms with Crippen molar-refractivity contribution in [1.29, 1.82) is 5.26 Å². The molecule has 0 aliphatic rings. The lowest BCUT2D eigenvalue weighted by atomic mass is 10.1. The van der Waals surface area contributed by atoms with Gasteiger partial charge in [0, 0.05) is 0 Å². The number of fused-ring (bicyclic) bond motifs is 1. The minimum absolute atomic E-state index is 0.0354. The van der Waals surface area contributed by atoms with Crippen LogP contribution in [0.15, 0.2) is 30.3 Å². The molecule has 0 aliphatic heterocycles. The SMILES string of the molecule is CCOc1cc(/C=C(/C#N)c2nc3ccc(C)cc3[nH]2)cc(Cl)c1OC(C)C. The van der Waals surface area contributed by atoms with E-state index in [1.807, 2.05) is 52.0 Å². The van der Waals surface area contributed by atoms with Gasteiger partial charge in [0.05, 0.1) is 34.3 Å². The van der Waals surface area contributed by atoms with Crippen LogP contribution >= 0.6 is 11.6 Å². The van der Waals surface area contributed by atoms with Gasteiger partial charge in [0.1, 0.15) is 11.9 Å². The molecule has 0 bridgehead atoms. The largest absolute Gasteiger partial charge is 0.490 e. The van der Waals surface area contributed by atoms with Crippen LogP contribution in [0.25, 0.3) is 22.7 Å². The molecule has 0 unspecified atom stereocenters. The number of ether oxygens (including phenoxy) is 2. The van der Waals surface area contributed by atoms with E-state index in [9.17, 15) is 5.26 Å². The van der Waals surface area contributed by atoms with Crippen molar-refractivity contribution in [3.63, 3.8) is 0 Å². The van der Waals surface area contributed by atoms with Crippen LogP contribution in [0, 0.1) is 18.3 Å². The lowest BCUT2D eigenvalue weighted by molar-refractivity contribution is 0.224. The molecule has 2 aromatic carbocycles. The summed E-state index contributed by atoms with van der Waals surface area (Å²) in [6.45, 7) is 8.24. The number of nitrogens with one attached hydrogen (secondary N) is 1. The van der Waals surface area contributed by atoms with Crippen LogP contribution in [0.3, 0.4) is 0 Å². The first-order chi connectivity index (χ1) is 13.4. The predicted octanol–water partition coefficient (Wildman–Crippen LogP) is 5.77. The van der Waals surface area contributed by atoms with Gasteiger partial charge in [-0.05, 0) is 69.2 Å². The second kappa shape index (κ2) is 8.37. The molecule has 0 atom stereocenters. The minimum Gasteiger partial charge on any atom is -0.490 e. The lowest BCUT2D eigenvalue weighted by Crippen LogP contribution is -2.08. The molecule has 6 heteroatoms. The van der Waals surface area contributed by atoms with E-state index in [2.05, 4.69) is 16.0 Å². The first-order valence-electron chi connectivity index (χ1n) is 9.12. The Morgan fingerprint density at radius 1 is 1.32 bits per heavy atom. The van der Waals surface area contributed by atoms with Crippen LogP contribution in [-0.2, 0) is 0 Å². The van der Waals surface area contributed by atoms with Gasteiger partial charge in [-0.3, -0.25) is 0 Å². The van der Waals surface area contributed by atoms with Crippen LogP contribution in [0.5, 0.6) is 11.5 Å². The second-order valence-corrected chi connectivity index (χ2v) is 7.11. The molecule has 144 valence electrons. The molecule has 1 aromatic heterocycles. The zero-order valence-electron chi connectivity index (χ0n) is 16.3. The Balaban J connectivity index is 2.05. The number of benzene rings is 2. The number of hydrogen-bond acceptors (Lipinski definition) is 4. The average molecular weight is 396 g/mol. The maximum absolute atomic E-state index is 9.67. The Bertz CT molecular complexity index is 1080. The number of allylic oxidation sites excluding steroid dienone is 1. The van der Waals surface area contributed by atoms with Gasteiger partial charge in [0.25, 0.3) is 0 Å². The number of aromatic amines is 1. The van der Waals surface area contributed by atoms with Crippen LogP contribution in [0.4, 0.5) is 0 Å². The summed E-state index contributed by atoms with van der Waals surface area (Å²) in [5, 5.41) is 10.1. The van der Waals surface area contributed by atoms with Crippen molar-refractivity contribution >= 4 is 34.3 Å². The Morgan fingerprint density at radius 2 is 2.11 bits per heavy atom. The molecule has 3 aromatic rings. The summed E-state index contributed by atoms with van der Waals surface area (Å²) in [6, 6.07) is 11.7. The molecule has 0 spiro atoms. The van der Waals surface area contributed by atoms with Gasteiger partial charge in [0.2, 0.25) is 0 Å². The normalized spacial score (nSPS) is 11.7. The number of nitriles is 1. The third-order valence-electron chi connectivity index (χ3n) is 4.01. The highest BCUT2D eigenvalue weighted by molar-refractivity contribution is 6.32. The molecule has 0 fully saturated rings. The number of aromatic nitrogens is 2. The molecular weight excluding hydrogens is 374 g/mol. The maximum atomic E-state index is 9.67. The third-order valence-corrected chi connectivity index (χ3v) is 4.29. The topological polar surface area (TPSA) is 70.9 Å².